The molecule has 0 fully saturated rings. The quantitative estimate of drug-likeness (QED) is 0.602. The van der Waals surface area contributed by atoms with Crippen LogP contribution >= 0.6 is 11.8 Å². The molecule has 4 heteroatoms. The van der Waals surface area contributed by atoms with Gasteiger partial charge in [-0.05, 0) is 13.2 Å². The molecule has 3 nitrogen and oxygen atoms in total. The van der Waals surface area contributed by atoms with Gasteiger partial charge in [0.05, 0.1) is 6.04 Å². The van der Waals surface area contributed by atoms with Crippen LogP contribution in [0.5, 0.6) is 0 Å². The maximum atomic E-state index is 10.9. The minimum atomic E-state index is -0.352. The smallest absolute Gasteiger partial charge is 0.237 e. The number of amides is 1. The summed E-state index contributed by atoms with van der Waals surface area (Å²) in [6.45, 7) is 2.53. The molecule has 0 saturated carbocycles. The minimum Gasteiger partial charge on any atom is -0.355 e. The maximum absolute atomic E-state index is 10.9. The summed E-state index contributed by atoms with van der Waals surface area (Å²) in [4.78, 5) is 10.9. The average molecular weight is 162 g/mol. The van der Waals surface area contributed by atoms with Crippen LogP contribution in [0.15, 0.2) is 0 Å². The number of carbonyl (C=O) groups excluding carboxylic acids is 1. The molecule has 1 unspecified atom stereocenters. The molecule has 0 bridgehead atoms. The van der Waals surface area contributed by atoms with Crippen molar-refractivity contribution >= 4 is 17.7 Å². The van der Waals surface area contributed by atoms with E-state index in [1.807, 2.05) is 13.2 Å². The van der Waals surface area contributed by atoms with Gasteiger partial charge in [0, 0.05) is 12.3 Å². The Bertz CT molecular complexity index is 108. The molecule has 3 N–H and O–H groups in total. The predicted octanol–water partition coefficient (Wildman–Crippen LogP) is -0.187. The van der Waals surface area contributed by atoms with E-state index in [-0.39, 0.29) is 11.9 Å². The van der Waals surface area contributed by atoms with E-state index in [1.165, 1.54) is 0 Å². The molecule has 0 aliphatic carbocycles. The number of hydrogen-bond acceptors (Lipinski definition) is 3. The Morgan fingerprint density at radius 3 is 2.80 bits per heavy atom. The minimum absolute atomic E-state index is 0.0585. The molecule has 0 aliphatic rings. The summed E-state index contributed by atoms with van der Waals surface area (Å²) in [6, 6.07) is -0.352. The highest BCUT2D eigenvalue weighted by molar-refractivity contribution is 7.98. The Morgan fingerprint density at radius 1 is 1.80 bits per heavy atom. The molecule has 0 aromatic heterocycles. The molecule has 0 heterocycles. The number of rotatable bonds is 4. The highest BCUT2D eigenvalue weighted by atomic mass is 32.2. The predicted molar refractivity (Wildman–Crippen MR) is 45.0 cm³/mol. The van der Waals surface area contributed by atoms with Crippen molar-refractivity contribution in [1.29, 1.82) is 0 Å². The molecular weight excluding hydrogens is 148 g/mol. The van der Waals surface area contributed by atoms with Crippen LogP contribution in [-0.4, -0.2) is 30.5 Å². The van der Waals surface area contributed by atoms with Crippen molar-refractivity contribution in [3.63, 3.8) is 0 Å². The maximum Gasteiger partial charge on any atom is 0.237 e. The van der Waals surface area contributed by atoms with Crippen LogP contribution < -0.4 is 11.1 Å². The van der Waals surface area contributed by atoms with Crippen molar-refractivity contribution in [3.8, 4) is 0 Å². The molecular formula is C6H14N2OS. The number of nitrogens with two attached hydrogens (primary N) is 1. The summed E-state index contributed by atoms with van der Waals surface area (Å²) in [5, 5.41) is 2.65. The fourth-order valence-corrected chi connectivity index (χ4v) is 1.07. The van der Waals surface area contributed by atoms with E-state index in [0.717, 1.165) is 0 Å². The first-order valence-electron chi connectivity index (χ1n) is 3.24. The zero-order valence-electron chi connectivity index (χ0n) is 6.39. The van der Waals surface area contributed by atoms with Gasteiger partial charge < -0.3 is 11.1 Å². The molecule has 0 aliphatic heterocycles. The first-order chi connectivity index (χ1) is 4.72. The Morgan fingerprint density at radius 2 is 2.40 bits per heavy atom. The van der Waals surface area contributed by atoms with E-state index in [9.17, 15) is 4.79 Å². The van der Waals surface area contributed by atoms with Gasteiger partial charge in [0.25, 0.3) is 0 Å². The van der Waals surface area contributed by atoms with E-state index >= 15 is 0 Å². The lowest BCUT2D eigenvalue weighted by atomic mass is 10.3. The lowest BCUT2D eigenvalue weighted by molar-refractivity contribution is -0.121. The van der Waals surface area contributed by atoms with Crippen molar-refractivity contribution in [2.75, 3.05) is 18.6 Å². The molecule has 0 radical (unpaired) electrons. The Hall–Kier alpha value is -0.220. The third kappa shape index (κ3) is 3.74. The van der Waals surface area contributed by atoms with Gasteiger partial charge in [-0.25, -0.2) is 0 Å². The third-order valence-corrected chi connectivity index (χ3v) is 1.73. The second kappa shape index (κ2) is 5.56. The summed E-state index contributed by atoms with van der Waals surface area (Å²) < 4.78 is 0. The Kier molecular flexibility index (Phi) is 5.43. The van der Waals surface area contributed by atoms with E-state index < -0.39 is 0 Å². The number of nitrogens with one attached hydrogen (secondary N) is 1. The summed E-state index contributed by atoms with van der Waals surface area (Å²) in [5.41, 5.74) is 5.48. The van der Waals surface area contributed by atoms with Gasteiger partial charge in [0.1, 0.15) is 0 Å². The summed E-state index contributed by atoms with van der Waals surface area (Å²) in [7, 11) is 0. The van der Waals surface area contributed by atoms with Gasteiger partial charge in [-0.3, -0.25) is 4.79 Å². The zero-order chi connectivity index (χ0) is 7.98. The SMILES string of the molecule is CCNC(=O)C(N)CSC. The van der Waals surface area contributed by atoms with Crippen LogP contribution in [0, 0.1) is 0 Å². The summed E-state index contributed by atoms with van der Waals surface area (Å²) >= 11 is 1.58. The van der Waals surface area contributed by atoms with Gasteiger partial charge in [-0.15, -0.1) is 0 Å². The third-order valence-electron chi connectivity index (χ3n) is 1.03. The monoisotopic (exact) mass is 162 g/mol. The normalized spacial score (nSPS) is 12.7. The molecule has 60 valence electrons. The van der Waals surface area contributed by atoms with Crippen LogP contribution in [0.3, 0.4) is 0 Å². The second-order valence-corrected chi connectivity index (χ2v) is 2.87. The van der Waals surface area contributed by atoms with Crippen LogP contribution in [0.25, 0.3) is 0 Å². The average Bonchev–Trinajstić information content (AvgIpc) is 1.89. The number of thioether (sulfide) groups is 1. The van der Waals surface area contributed by atoms with Gasteiger partial charge in [0.15, 0.2) is 0 Å². The van der Waals surface area contributed by atoms with E-state index in [2.05, 4.69) is 5.32 Å². The van der Waals surface area contributed by atoms with E-state index in [0.29, 0.717) is 12.3 Å². The molecule has 0 rings (SSSR count). The lowest BCUT2D eigenvalue weighted by Crippen LogP contribution is -2.42. The molecule has 0 spiro atoms. The summed E-state index contributed by atoms with van der Waals surface area (Å²) in [5.74, 6) is 0.628. The molecule has 1 amide bonds. The van der Waals surface area contributed by atoms with Crippen LogP contribution in [-0.2, 0) is 4.79 Å². The summed E-state index contributed by atoms with van der Waals surface area (Å²) in [6.07, 6.45) is 1.93. The molecule has 1 atom stereocenters. The van der Waals surface area contributed by atoms with Crippen molar-refractivity contribution in [2.45, 2.75) is 13.0 Å². The number of hydrogen-bond donors (Lipinski definition) is 2. The van der Waals surface area contributed by atoms with Crippen LogP contribution in [0.4, 0.5) is 0 Å². The van der Waals surface area contributed by atoms with Crippen molar-refractivity contribution in [3.05, 3.63) is 0 Å². The Labute approximate surface area is 65.7 Å². The van der Waals surface area contributed by atoms with Gasteiger partial charge >= 0.3 is 0 Å². The van der Waals surface area contributed by atoms with Gasteiger partial charge in [-0.2, -0.15) is 11.8 Å². The Balaban J connectivity index is 3.49. The van der Waals surface area contributed by atoms with Crippen molar-refractivity contribution < 1.29 is 4.79 Å². The highest BCUT2D eigenvalue weighted by Crippen LogP contribution is 1.93. The number of carbonyl (C=O) groups is 1. The van der Waals surface area contributed by atoms with E-state index in [4.69, 9.17) is 5.73 Å². The van der Waals surface area contributed by atoms with Crippen LogP contribution in [0.2, 0.25) is 0 Å². The standard InChI is InChI=1S/C6H14N2OS/c1-3-8-6(9)5(7)4-10-2/h5H,3-4,7H2,1-2H3,(H,8,9). The largest absolute Gasteiger partial charge is 0.355 e. The first-order valence-corrected chi connectivity index (χ1v) is 4.64. The fraction of sp³-hybridized carbons (Fsp3) is 0.833. The second-order valence-electron chi connectivity index (χ2n) is 1.96. The van der Waals surface area contributed by atoms with Crippen molar-refractivity contribution in [2.24, 2.45) is 5.73 Å². The lowest BCUT2D eigenvalue weighted by Gasteiger charge is -2.08. The zero-order valence-corrected chi connectivity index (χ0v) is 7.20. The molecule has 0 aromatic rings. The molecule has 10 heavy (non-hydrogen) atoms. The highest BCUT2D eigenvalue weighted by Gasteiger charge is 2.09. The first kappa shape index (κ1) is 9.78. The fourth-order valence-electron chi connectivity index (χ4n) is 0.561. The van der Waals surface area contributed by atoms with Gasteiger partial charge in [0.2, 0.25) is 5.91 Å². The van der Waals surface area contributed by atoms with E-state index in [1.54, 1.807) is 11.8 Å². The topological polar surface area (TPSA) is 55.1 Å². The molecule has 0 aromatic carbocycles. The van der Waals surface area contributed by atoms with Crippen LogP contribution in [0.1, 0.15) is 6.92 Å². The van der Waals surface area contributed by atoms with Gasteiger partial charge in [-0.1, -0.05) is 0 Å². The van der Waals surface area contributed by atoms with Crippen molar-refractivity contribution in [1.82, 2.24) is 5.32 Å². The number of likely N-dealkylation sites (N-methyl/N-ethyl adjacent to an activating group) is 1. The molecule has 0 saturated heterocycles.